The van der Waals surface area contributed by atoms with Gasteiger partial charge in [-0.2, -0.15) is 8.42 Å². The summed E-state index contributed by atoms with van der Waals surface area (Å²) in [6.45, 7) is 0. The van der Waals surface area contributed by atoms with Crippen LogP contribution < -0.4 is 15.2 Å². The summed E-state index contributed by atoms with van der Waals surface area (Å²) >= 11 is 0. The van der Waals surface area contributed by atoms with Crippen LogP contribution in [0.3, 0.4) is 0 Å². The second-order valence-electron chi connectivity index (χ2n) is 4.38. The fourth-order valence-electron chi connectivity index (χ4n) is 2.03. The Morgan fingerprint density at radius 1 is 1.10 bits per heavy atom. The summed E-state index contributed by atoms with van der Waals surface area (Å²) in [6.07, 6.45) is 0. The molecule has 0 saturated heterocycles. The number of fused-ring (bicyclic) bond motifs is 1. The maximum atomic E-state index is 12.0. The average Bonchev–Trinajstić information content (AvgIpc) is 2.71. The monoisotopic (exact) mass is 304 g/mol. The normalized spacial score (nSPS) is 15.2. The highest BCUT2D eigenvalue weighted by Gasteiger charge is 2.30. The van der Waals surface area contributed by atoms with E-state index in [0.29, 0.717) is 22.7 Å². The van der Waals surface area contributed by atoms with Gasteiger partial charge in [0.25, 0.3) is 10.0 Å². The number of nitrogens with two attached hydrogens (primary N) is 1. The molecule has 0 aliphatic carbocycles. The summed E-state index contributed by atoms with van der Waals surface area (Å²) in [7, 11) is -2.23. The van der Waals surface area contributed by atoms with Gasteiger partial charge in [-0.25, -0.2) is 0 Å². The number of ether oxygens (including phenoxy) is 2. The van der Waals surface area contributed by atoms with E-state index in [4.69, 9.17) is 15.2 Å². The zero-order valence-corrected chi connectivity index (χ0v) is 11.9. The Morgan fingerprint density at radius 3 is 2.62 bits per heavy atom. The zero-order valence-electron chi connectivity index (χ0n) is 11.1. The Kier molecular flexibility index (Phi) is 3.06. The van der Waals surface area contributed by atoms with E-state index in [1.54, 1.807) is 36.4 Å². The van der Waals surface area contributed by atoms with Crippen molar-refractivity contribution in [3.05, 3.63) is 48.0 Å². The molecule has 2 aromatic rings. The van der Waals surface area contributed by atoms with Crippen LogP contribution in [0.25, 0.3) is 0 Å². The highest BCUT2D eigenvalue weighted by molar-refractivity contribution is 7.90. The molecular weight excluding hydrogens is 292 g/mol. The molecule has 1 aliphatic rings. The third kappa shape index (κ3) is 2.31. The van der Waals surface area contributed by atoms with Gasteiger partial charge in [0.05, 0.1) is 12.7 Å². The lowest BCUT2D eigenvalue weighted by molar-refractivity contribution is 0.391. The number of anilines is 1. The van der Waals surface area contributed by atoms with Crippen LogP contribution in [0, 0.1) is 0 Å². The molecule has 0 spiro atoms. The van der Waals surface area contributed by atoms with E-state index >= 15 is 0 Å². The van der Waals surface area contributed by atoms with E-state index in [1.165, 1.54) is 13.2 Å². The molecule has 0 radical (unpaired) electrons. The lowest BCUT2D eigenvalue weighted by Gasteiger charge is -2.10. The number of sulfonamides is 1. The molecule has 0 fully saturated rings. The van der Waals surface area contributed by atoms with E-state index < -0.39 is 10.0 Å². The number of methoxy groups -OCH3 is 1. The first-order valence-electron chi connectivity index (χ1n) is 6.07. The molecule has 0 atom stereocenters. The lowest BCUT2D eigenvalue weighted by atomic mass is 10.2. The van der Waals surface area contributed by atoms with Crippen molar-refractivity contribution in [2.24, 2.45) is 4.40 Å². The van der Waals surface area contributed by atoms with E-state index in [1.807, 2.05) is 0 Å². The second kappa shape index (κ2) is 4.78. The lowest BCUT2D eigenvalue weighted by Crippen LogP contribution is -2.09. The second-order valence-corrected chi connectivity index (χ2v) is 5.95. The number of nitrogens with zero attached hydrogens (tertiary/aromatic N) is 1. The smallest absolute Gasteiger partial charge is 0.286 e. The fraction of sp³-hybridized carbons (Fsp3) is 0.0714. The van der Waals surface area contributed by atoms with Crippen LogP contribution in [-0.4, -0.2) is 21.4 Å². The van der Waals surface area contributed by atoms with Crippen LogP contribution in [0.1, 0.15) is 5.56 Å². The fourth-order valence-corrected chi connectivity index (χ4v) is 3.16. The van der Waals surface area contributed by atoms with Crippen molar-refractivity contribution in [1.82, 2.24) is 0 Å². The molecule has 21 heavy (non-hydrogen) atoms. The molecule has 1 heterocycles. The Labute approximate surface area is 121 Å². The van der Waals surface area contributed by atoms with E-state index in [2.05, 4.69) is 4.40 Å². The summed E-state index contributed by atoms with van der Waals surface area (Å²) in [5.41, 5.74) is 6.60. The van der Waals surface area contributed by atoms with Crippen molar-refractivity contribution in [3.8, 4) is 11.5 Å². The van der Waals surface area contributed by atoms with Gasteiger partial charge in [0.1, 0.15) is 4.90 Å². The quantitative estimate of drug-likeness (QED) is 0.854. The summed E-state index contributed by atoms with van der Waals surface area (Å²) in [6, 6.07) is 11.3. The molecule has 3 rings (SSSR count). The topological polar surface area (TPSA) is 91.0 Å². The number of nitrogen functional groups attached to an aromatic ring is 1. The minimum atomic E-state index is -3.71. The van der Waals surface area contributed by atoms with Crippen LogP contribution in [-0.2, 0) is 10.0 Å². The van der Waals surface area contributed by atoms with E-state index in [-0.39, 0.29) is 10.8 Å². The van der Waals surface area contributed by atoms with Crippen LogP contribution in [0.4, 0.5) is 5.69 Å². The largest absolute Gasteiger partial charge is 0.493 e. The van der Waals surface area contributed by atoms with E-state index in [0.717, 1.165) is 0 Å². The van der Waals surface area contributed by atoms with Gasteiger partial charge in [-0.15, -0.1) is 4.40 Å². The van der Waals surface area contributed by atoms with Gasteiger partial charge in [-0.1, -0.05) is 12.1 Å². The predicted molar refractivity (Wildman–Crippen MR) is 78.2 cm³/mol. The average molecular weight is 304 g/mol. The highest BCUT2D eigenvalue weighted by atomic mass is 32.2. The molecular formula is C14H12N2O4S. The zero-order chi connectivity index (χ0) is 15.0. The SMILES string of the molecule is COc1ccc(N)cc1OC1=NS(=O)(=O)c2ccccc21. The maximum absolute atomic E-state index is 12.0. The molecule has 2 N–H and O–H groups in total. The first-order chi connectivity index (χ1) is 10.0. The van der Waals surface area contributed by atoms with Crippen molar-refractivity contribution >= 4 is 21.6 Å². The molecule has 1 aliphatic heterocycles. The van der Waals surface area contributed by atoms with Crippen molar-refractivity contribution in [2.75, 3.05) is 12.8 Å². The molecule has 7 heteroatoms. The first kappa shape index (κ1) is 13.4. The summed E-state index contributed by atoms with van der Waals surface area (Å²) in [5.74, 6) is 0.756. The van der Waals surface area contributed by atoms with Crippen molar-refractivity contribution in [3.63, 3.8) is 0 Å². The van der Waals surface area contributed by atoms with Crippen LogP contribution >= 0.6 is 0 Å². The molecule has 0 bridgehead atoms. The summed E-state index contributed by atoms with van der Waals surface area (Å²) < 4.78 is 38.3. The van der Waals surface area contributed by atoms with E-state index in [9.17, 15) is 8.42 Å². The van der Waals surface area contributed by atoms with Gasteiger partial charge in [0.2, 0.25) is 5.90 Å². The van der Waals surface area contributed by atoms with Crippen molar-refractivity contribution in [2.45, 2.75) is 4.90 Å². The molecule has 0 aromatic heterocycles. The molecule has 0 saturated carbocycles. The minimum Gasteiger partial charge on any atom is -0.493 e. The third-order valence-corrected chi connectivity index (χ3v) is 4.31. The van der Waals surface area contributed by atoms with Gasteiger partial charge < -0.3 is 15.2 Å². The molecule has 6 nitrogen and oxygen atoms in total. The minimum absolute atomic E-state index is 0.00880. The van der Waals surface area contributed by atoms with Crippen LogP contribution in [0.15, 0.2) is 51.8 Å². The molecule has 0 unspecified atom stereocenters. The molecule has 108 valence electrons. The number of hydrogen-bond acceptors (Lipinski definition) is 5. The van der Waals surface area contributed by atoms with Crippen LogP contribution in [0.5, 0.6) is 11.5 Å². The Balaban J connectivity index is 2.06. The first-order valence-corrected chi connectivity index (χ1v) is 7.51. The highest BCUT2D eigenvalue weighted by Crippen LogP contribution is 2.33. The van der Waals surface area contributed by atoms with Crippen molar-refractivity contribution < 1.29 is 17.9 Å². The number of hydrogen-bond donors (Lipinski definition) is 1. The Morgan fingerprint density at radius 2 is 1.86 bits per heavy atom. The van der Waals surface area contributed by atoms with Crippen molar-refractivity contribution in [1.29, 1.82) is 0 Å². The van der Waals surface area contributed by atoms with Gasteiger partial charge in [0, 0.05) is 11.8 Å². The summed E-state index contributed by atoms with van der Waals surface area (Å²) in [4.78, 5) is 0.128. The van der Waals surface area contributed by atoms with Gasteiger partial charge in [-0.05, 0) is 24.3 Å². The number of rotatable bonds is 2. The predicted octanol–water partition coefficient (Wildman–Crippen LogP) is 1.81. The molecule has 0 amide bonds. The third-order valence-electron chi connectivity index (χ3n) is 2.99. The van der Waals surface area contributed by atoms with Gasteiger partial charge in [0.15, 0.2) is 11.5 Å². The maximum Gasteiger partial charge on any atom is 0.286 e. The Bertz CT molecular complexity index is 844. The van der Waals surface area contributed by atoms with Gasteiger partial charge in [-0.3, -0.25) is 0 Å². The number of benzene rings is 2. The molecule has 2 aromatic carbocycles. The summed E-state index contributed by atoms with van der Waals surface area (Å²) in [5, 5.41) is 0. The Hall–Kier alpha value is -2.54. The standard InChI is InChI=1S/C14H12N2O4S/c1-19-11-7-6-9(15)8-12(11)20-14-10-4-2-3-5-13(10)21(17,18)16-14/h2-8H,15H2,1H3. The van der Waals surface area contributed by atoms with Crippen LogP contribution in [0.2, 0.25) is 0 Å². The van der Waals surface area contributed by atoms with Gasteiger partial charge >= 0.3 is 0 Å².